The standard InChI is InChI=1S/C17H25N3O2/c1-3-19(4-2)15-10-8-14(9-11-15)18-16(21)17(22)20-12-6-5-7-13-20/h8-11H,3-7,12-13H2,1-2H3,(H,18,21). The van der Waals surface area contributed by atoms with E-state index in [0.29, 0.717) is 18.8 Å². The lowest BCUT2D eigenvalue weighted by Gasteiger charge is -2.26. The van der Waals surface area contributed by atoms with E-state index in [0.717, 1.165) is 38.0 Å². The van der Waals surface area contributed by atoms with Crippen molar-refractivity contribution in [2.24, 2.45) is 0 Å². The summed E-state index contributed by atoms with van der Waals surface area (Å²) in [4.78, 5) is 28.0. The molecule has 5 nitrogen and oxygen atoms in total. The Bertz CT molecular complexity index is 503. The van der Waals surface area contributed by atoms with Crippen LogP contribution in [0.1, 0.15) is 33.1 Å². The Morgan fingerprint density at radius 3 is 2.18 bits per heavy atom. The van der Waals surface area contributed by atoms with Gasteiger partial charge in [-0.15, -0.1) is 0 Å². The second-order valence-corrected chi connectivity index (χ2v) is 5.53. The highest BCUT2D eigenvalue weighted by molar-refractivity contribution is 6.39. The average molecular weight is 303 g/mol. The number of likely N-dealkylation sites (tertiary alicyclic amines) is 1. The molecule has 0 saturated carbocycles. The SMILES string of the molecule is CCN(CC)c1ccc(NC(=O)C(=O)N2CCCCC2)cc1. The topological polar surface area (TPSA) is 52.7 Å². The number of hydrogen-bond acceptors (Lipinski definition) is 3. The number of amides is 2. The molecule has 1 fully saturated rings. The van der Waals surface area contributed by atoms with Gasteiger partial charge < -0.3 is 15.1 Å². The fourth-order valence-electron chi connectivity index (χ4n) is 2.77. The summed E-state index contributed by atoms with van der Waals surface area (Å²) in [6.07, 6.45) is 3.10. The van der Waals surface area contributed by atoms with E-state index >= 15 is 0 Å². The molecule has 22 heavy (non-hydrogen) atoms. The summed E-state index contributed by atoms with van der Waals surface area (Å²) in [6, 6.07) is 7.62. The Kier molecular flexibility index (Phi) is 5.81. The largest absolute Gasteiger partial charge is 0.372 e. The van der Waals surface area contributed by atoms with E-state index in [1.54, 1.807) is 4.90 Å². The lowest BCUT2D eigenvalue weighted by atomic mass is 10.1. The summed E-state index contributed by atoms with van der Waals surface area (Å²) in [7, 11) is 0. The summed E-state index contributed by atoms with van der Waals surface area (Å²) in [5, 5.41) is 2.69. The van der Waals surface area contributed by atoms with Crippen molar-refractivity contribution >= 4 is 23.2 Å². The van der Waals surface area contributed by atoms with Crippen molar-refractivity contribution in [2.75, 3.05) is 36.4 Å². The minimum absolute atomic E-state index is 0.424. The van der Waals surface area contributed by atoms with Crippen molar-refractivity contribution in [1.29, 1.82) is 0 Å². The molecule has 0 spiro atoms. The van der Waals surface area contributed by atoms with E-state index in [2.05, 4.69) is 24.1 Å². The van der Waals surface area contributed by atoms with Crippen molar-refractivity contribution in [3.63, 3.8) is 0 Å². The Hall–Kier alpha value is -2.04. The molecular weight excluding hydrogens is 278 g/mol. The molecule has 1 aromatic rings. The van der Waals surface area contributed by atoms with E-state index in [9.17, 15) is 9.59 Å². The lowest BCUT2D eigenvalue weighted by Crippen LogP contribution is -2.42. The molecule has 0 aliphatic carbocycles. The number of nitrogens with one attached hydrogen (secondary N) is 1. The maximum absolute atomic E-state index is 12.1. The molecule has 1 aliphatic heterocycles. The van der Waals surface area contributed by atoms with Crippen LogP contribution in [0.5, 0.6) is 0 Å². The van der Waals surface area contributed by atoms with Crippen LogP contribution in [0, 0.1) is 0 Å². The molecular formula is C17H25N3O2. The van der Waals surface area contributed by atoms with Gasteiger partial charge in [-0.1, -0.05) is 0 Å². The third kappa shape index (κ3) is 4.00. The quantitative estimate of drug-likeness (QED) is 0.870. The van der Waals surface area contributed by atoms with Crippen LogP contribution in [0.25, 0.3) is 0 Å². The number of carbonyl (C=O) groups is 2. The van der Waals surface area contributed by atoms with Crippen LogP contribution in [0.15, 0.2) is 24.3 Å². The minimum Gasteiger partial charge on any atom is -0.372 e. The fourth-order valence-corrected chi connectivity index (χ4v) is 2.77. The first-order chi connectivity index (χ1) is 10.7. The number of nitrogens with zero attached hydrogens (tertiary/aromatic N) is 2. The average Bonchev–Trinajstić information content (AvgIpc) is 2.57. The van der Waals surface area contributed by atoms with E-state index in [1.807, 2.05) is 24.3 Å². The minimum atomic E-state index is -0.544. The molecule has 0 atom stereocenters. The van der Waals surface area contributed by atoms with E-state index < -0.39 is 11.8 Å². The van der Waals surface area contributed by atoms with Gasteiger partial charge in [0, 0.05) is 37.6 Å². The van der Waals surface area contributed by atoms with Gasteiger partial charge in [0.05, 0.1) is 0 Å². The third-order valence-corrected chi connectivity index (χ3v) is 4.09. The van der Waals surface area contributed by atoms with Gasteiger partial charge in [-0.25, -0.2) is 0 Å². The van der Waals surface area contributed by atoms with Gasteiger partial charge in [0.25, 0.3) is 0 Å². The second-order valence-electron chi connectivity index (χ2n) is 5.53. The van der Waals surface area contributed by atoms with Gasteiger partial charge in [-0.2, -0.15) is 0 Å². The maximum Gasteiger partial charge on any atom is 0.313 e. The fraction of sp³-hybridized carbons (Fsp3) is 0.529. The zero-order valence-electron chi connectivity index (χ0n) is 13.5. The molecule has 2 amide bonds. The number of benzene rings is 1. The summed E-state index contributed by atoms with van der Waals surface area (Å²) in [6.45, 7) is 7.47. The van der Waals surface area contributed by atoms with Crippen LogP contribution in [-0.4, -0.2) is 42.9 Å². The molecule has 120 valence electrons. The van der Waals surface area contributed by atoms with Gasteiger partial charge in [-0.05, 0) is 57.4 Å². The van der Waals surface area contributed by atoms with Crippen molar-refractivity contribution in [3.05, 3.63) is 24.3 Å². The Morgan fingerprint density at radius 1 is 1.05 bits per heavy atom. The molecule has 2 rings (SSSR count). The van der Waals surface area contributed by atoms with Gasteiger partial charge in [0.15, 0.2) is 0 Å². The van der Waals surface area contributed by atoms with Crippen LogP contribution in [0.2, 0.25) is 0 Å². The lowest BCUT2D eigenvalue weighted by molar-refractivity contribution is -0.143. The van der Waals surface area contributed by atoms with Gasteiger partial charge in [0.2, 0.25) is 0 Å². The van der Waals surface area contributed by atoms with Crippen LogP contribution >= 0.6 is 0 Å². The van der Waals surface area contributed by atoms with E-state index in [4.69, 9.17) is 0 Å². The smallest absolute Gasteiger partial charge is 0.313 e. The molecule has 1 aliphatic rings. The van der Waals surface area contributed by atoms with Crippen LogP contribution in [-0.2, 0) is 9.59 Å². The summed E-state index contributed by atoms with van der Waals surface area (Å²) < 4.78 is 0. The monoisotopic (exact) mass is 303 g/mol. The van der Waals surface area contributed by atoms with Crippen molar-refractivity contribution in [2.45, 2.75) is 33.1 Å². The normalized spacial score (nSPS) is 14.5. The highest BCUT2D eigenvalue weighted by Crippen LogP contribution is 2.18. The third-order valence-electron chi connectivity index (χ3n) is 4.09. The van der Waals surface area contributed by atoms with Gasteiger partial charge in [-0.3, -0.25) is 9.59 Å². The maximum atomic E-state index is 12.1. The molecule has 0 aromatic heterocycles. The molecule has 1 aromatic carbocycles. The Labute approximate surface area is 132 Å². The van der Waals surface area contributed by atoms with Crippen molar-refractivity contribution < 1.29 is 9.59 Å². The van der Waals surface area contributed by atoms with Crippen LogP contribution in [0.3, 0.4) is 0 Å². The number of rotatable bonds is 4. The zero-order valence-corrected chi connectivity index (χ0v) is 13.5. The van der Waals surface area contributed by atoms with Crippen LogP contribution in [0.4, 0.5) is 11.4 Å². The predicted octanol–water partition coefficient (Wildman–Crippen LogP) is 2.48. The van der Waals surface area contributed by atoms with Crippen LogP contribution < -0.4 is 10.2 Å². The number of piperidine rings is 1. The first kappa shape index (κ1) is 16.3. The van der Waals surface area contributed by atoms with E-state index in [1.165, 1.54) is 0 Å². The van der Waals surface area contributed by atoms with E-state index in [-0.39, 0.29) is 0 Å². The molecule has 5 heteroatoms. The Morgan fingerprint density at radius 2 is 1.64 bits per heavy atom. The number of hydrogen-bond donors (Lipinski definition) is 1. The van der Waals surface area contributed by atoms with Crippen molar-refractivity contribution in [1.82, 2.24) is 4.90 Å². The highest BCUT2D eigenvalue weighted by atomic mass is 16.2. The van der Waals surface area contributed by atoms with Gasteiger partial charge in [0.1, 0.15) is 0 Å². The molecule has 1 saturated heterocycles. The summed E-state index contributed by atoms with van der Waals surface area (Å²) >= 11 is 0. The summed E-state index contributed by atoms with van der Waals surface area (Å²) in [5.41, 5.74) is 1.77. The number of carbonyl (C=O) groups excluding carboxylic acids is 2. The molecule has 0 radical (unpaired) electrons. The first-order valence-electron chi connectivity index (χ1n) is 8.11. The number of anilines is 2. The first-order valence-corrected chi connectivity index (χ1v) is 8.11. The zero-order chi connectivity index (χ0) is 15.9. The summed E-state index contributed by atoms with van der Waals surface area (Å²) in [5.74, 6) is -0.968. The molecule has 0 unspecified atom stereocenters. The molecule has 1 N–H and O–H groups in total. The second kappa shape index (κ2) is 7.82. The predicted molar refractivity (Wildman–Crippen MR) is 89.1 cm³/mol. The molecule has 1 heterocycles. The molecule has 0 bridgehead atoms. The van der Waals surface area contributed by atoms with Gasteiger partial charge >= 0.3 is 11.8 Å². The van der Waals surface area contributed by atoms with Crippen molar-refractivity contribution in [3.8, 4) is 0 Å². The Balaban J connectivity index is 1.95. The highest BCUT2D eigenvalue weighted by Gasteiger charge is 2.23.